The van der Waals surface area contributed by atoms with Crippen molar-refractivity contribution in [1.82, 2.24) is 14.7 Å². The molecule has 2 rings (SSSR count). The molecule has 0 radical (unpaired) electrons. The molecular weight excluding hydrogens is 270 g/mol. The summed E-state index contributed by atoms with van der Waals surface area (Å²) in [7, 11) is 0. The van der Waals surface area contributed by atoms with Gasteiger partial charge in [0.05, 0.1) is 13.1 Å². The standard InChI is InChI=1S/C15H25N3O3/c1-2-18(13-5-3-4-6-13)14(19)11-16-7-9-17(10-8-16)12-15(20)21/h5H,2-4,6-12H2,1H3,(H,20,21). The van der Waals surface area contributed by atoms with Gasteiger partial charge < -0.3 is 10.0 Å². The molecule has 6 nitrogen and oxygen atoms in total. The molecule has 0 aromatic carbocycles. The average molecular weight is 295 g/mol. The summed E-state index contributed by atoms with van der Waals surface area (Å²) in [6.07, 6.45) is 5.40. The molecule has 1 fully saturated rings. The van der Waals surface area contributed by atoms with Crippen molar-refractivity contribution in [3.63, 3.8) is 0 Å². The largest absolute Gasteiger partial charge is 0.480 e. The molecule has 0 atom stereocenters. The second-order valence-electron chi connectivity index (χ2n) is 5.67. The van der Waals surface area contributed by atoms with Gasteiger partial charge in [-0.25, -0.2) is 0 Å². The van der Waals surface area contributed by atoms with Crippen molar-refractivity contribution in [2.45, 2.75) is 26.2 Å². The van der Waals surface area contributed by atoms with E-state index in [1.165, 1.54) is 5.70 Å². The maximum absolute atomic E-state index is 12.4. The van der Waals surface area contributed by atoms with Crippen molar-refractivity contribution in [3.05, 3.63) is 11.8 Å². The van der Waals surface area contributed by atoms with Gasteiger partial charge in [0, 0.05) is 38.4 Å². The molecule has 1 aliphatic heterocycles. The lowest BCUT2D eigenvalue weighted by atomic mass is 10.2. The summed E-state index contributed by atoms with van der Waals surface area (Å²) in [5.41, 5.74) is 1.17. The maximum atomic E-state index is 12.4. The SMILES string of the molecule is CCN(C(=O)CN1CCN(CC(=O)O)CC1)C1=CCCC1. The number of aliphatic carboxylic acids is 1. The molecule has 6 heteroatoms. The number of carboxylic acid groups (broad SMARTS) is 1. The van der Waals surface area contributed by atoms with Crippen LogP contribution in [0.15, 0.2) is 11.8 Å². The van der Waals surface area contributed by atoms with E-state index in [0.717, 1.165) is 38.9 Å². The predicted octanol–water partition coefficient (Wildman–Crippen LogP) is 0.605. The third kappa shape index (κ3) is 4.54. The van der Waals surface area contributed by atoms with Crippen LogP contribution in [0.5, 0.6) is 0 Å². The van der Waals surface area contributed by atoms with Crippen LogP contribution in [0.2, 0.25) is 0 Å². The normalized spacial score (nSPS) is 20.3. The number of carboxylic acids is 1. The molecular formula is C15H25N3O3. The number of allylic oxidation sites excluding steroid dienone is 2. The summed E-state index contributed by atoms with van der Waals surface area (Å²) in [6, 6.07) is 0. The molecule has 1 amide bonds. The van der Waals surface area contributed by atoms with Gasteiger partial charge in [-0.05, 0) is 26.2 Å². The van der Waals surface area contributed by atoms with E-state index in [1.807, 2.05) is 16.7 Å². The minimum atomic E-state index is -0.787. The summed E-state index contributed by atoms with van der Waals surface area (Å²) in [6.45, 7) is 6.22. The first-order valence-electron chi connectivity index (χ1n) is 7.76. The Labute approximate surface area is 126 Å². The van der Waals surface area contributed by atoms with Crippen LogP contribution >= 0.6 is 0 Å². The Morgan fingerprint density at radius 1 is 1.19 bits per heavy atom. The average Bonchev–Trinajstić information content (AvgIpc) is 2.95. The number of hydrogen-bond acceptors (Lipinski definition) is 4. The lowest BCUT2D eigenvalue weighted by molar-refractivity contribution is -0.139. The minimum absolute atomic E-state index is 0.0930. The van der Waals surface area contributed by atoms with E-state index in [4.69, 9.17) is 5.11 Å². The van der Waals surface area contributed by atoms with E-state index >= 15 is 0 Å². The van der Waals surface area contributed by atoms with E-state index in [1.54, 1.807) is 0 Å². The van der Waals surface area contributed by atoms with Crippen LogP contribution in [0.4, 0.5) is 0 Å². The third-order valence-electron chi connectivity index (χ3n) is 4.16. The number of hydrogen-bond donors (Lipinski definition) is 1. The van der Waals surface area contributed by atoms with Crippen LogP contribution in [0.1, 0.15) is 26.2 Å². The Bertz CT molecular complexity index is 414. The smallest absolute Gasteiger partial charge is 0.317 e. The van der Waals surface area contributed by atoms with Crippen LogP contribution in [-0.4, -0.2) is 77.5 Å². The van der Waals surface area contributed by atoms with Crippen LogP contribution < -0.4 is 0 Å². The zero-order valence-electron chi connectivity index (χ0n) is 12.8. The molecule has 0 aromatic rings. The summed E-state index contributed by atoms with van der Waals surface area (Å²) in [5, 5.41) is 8.78. The van der Waals surface area contributed by atoms with Gasteiger partial charge in [-0.2, -0.15) is 0 Å². The minimum Gasteiger partial charge on any atom is -0.480 e. The van der Waals surface area contributed by atoms with Crippen LogP contribution in [0.3, 0.4) is 0 Å². The summed E-state index contributed by atoms with van der Waals surface area (Å²) in [5.74, 6) is -0.623. The fraction of sp³-hybridized carbons (Fsp3) is 0.733. The van der Waals surface area contributed by atoms with Gasteiger partial charge in [0.25, 0.3) is 0 Å². The van der Waals surface area contributed by atoms with Crippen molar-refractivity contribution in [1.29, 1.82) is 0 Å². The number of piperazine rings is 1. The van der Waals surface area contributed by atoms with E-state index in [0.29, 0.717) is 19.6 Å². The molecule has 1 N–H and O–H groups in total. The van der Waals surface area contributed by atoms with Gasteiger partial charge in [0.1, 0.15) is 0 Å². The van der Waals surface area contributed by atoms with Gasteiger partial charge in [0.15, 0.2) is 0 Å². The first kappa shape index (κ1) is 16.0. The van der Waals surface area contributed by atoms with E-state index in [9.17, 15) is 9.59 Å². The highest BCUT2D eigenvalue weighted by Crippen LogP contribution is 2.21. The van der Waals surface area contributed by atoms with Crippen LogP contribution in [-0.2, 0) is 9.59 Å². The van der Waals surface area contributed by atoms with Crippen molar-refractivity contribution in [2.75, 3.05) is 45.8 Å². The number of nitrogens with zero attached hydrogens (tertiary/aromatic N) is 3. The molecule has 0 aromatic heterocycles. The van der Waals surface area contributed by atoms with E-state index in [2.05, 4.69) is 11.0 Å². The van der Waals surface area contributed by atoms with Gasteiger partial charge in [-0.1, -0.05) is 6.08 Å². The Morgan fingerprint density at radius 3 is 2.29 bits per heavy atom. The molecule has 0 saturated carbocycles. The second-order valence-corrected chi connectivity index (χ2v) is 5.67. The molecule has 1 saturated heterocycles. The molecule has 2 aliphatic rings. The molecule has 0 unspecified atom stereocenters. The number of carbonyl (C=O) groups excluding carboxylic acids is 1. The molecule has 0 spiro atoms. The van der Waals surface area contributed by atoms with Gasteiger partial charge in [-0.15, -0.1) is 0 Å². The van der Waals surface area contributed by atoms with Crippen molar-refractivity contribution < 1.29 is 14.7 Å². The first-order valence-corrected chi connectivity index (χ1v) is 7.76. The summed E-state index contributed by atoms with van der Waals surface area (Å²) in [4.78, 5) is 29.0. The Morgan fingerprint density at radius 2 is 1.81 bits per heavy atom. The van der Waals surface area contributed by atoms with Crippen molar-refractivity contribution in [3.8, 4) is 0 Å². The van der Waals surface area contributed by atoms with Gasteiger partial charge >= 0.3 is 5.97 Å². The third-order valence-corrected chi connectivity index (χ3v) is 4.16. The lowest BCUT2D eigenvalue weighted by Crippen LogP contribution is -2.50. The number of carbonyl (C=O) groups is 2. The van der Waals surface area contributed by atoms with Crippen LogP contribution in [0.25, 0.3) is 0 Å². The highest BCUT2D eigenvalue weighted by atomic mass is 16.4. The Kier molecular flexibility index (Phi) is 5.76. The first-order chi connectivity index (χ1) is 10.1. The monoisotopic (exact) mass is 295 g/mol. The predicted molar refractivity (Wildman–Crippen MR) is 79.8 cm³/mol. The van der Waals surface area contributed by atoms with Crippen LogP contribution in [0, 0.1) is 0 Å². The zero-order chi connectivity index (χ0) is 15.2. The Hall–Kier alpha value is -1.40. The number of rotatable bonds is 6. The molecule has 1 aliphatic carbocycles. The fourth-order valence-electron chi connectivity index (χ4n) is 3.01. The highest BCUT2D eigenvalue weighted by Gasteiger charge is 2.24. The molecule has 118 valence electrons. The zero-order valence-corrected chi connectivity index (χ0v) is 12.8. The molecule has 0 bridgehead atoms. The number of amides is 1. The lowest BCUT2D eigenvalue weighted by Gasteiger charge is -2.34. The van der Waals surface area contributed by atoms with E-state index in [-0.39, 0.29) is 12.5 Å². The van der Waals surface area contributed by atoms with Crippen molar-refractivity contribution in [2.24, 2.45) is 0 Å². The fourth-order valence-corrected chi connectivity index (χ4v) is 3.01. The van der Waals surface area contributed by atoms with Crippen molar-refractivity contribution >= 4 is 11.9 Å². The van der Waals surface area contributed by atoms with Gasteiger partial charge in [-0.3, -0.25) is 19.4 Å². The topological polar surface area (TPSA) is 64.1 Å². The summed E-state index contributed by atoms with van der Waals surface area (Å²) < 4.78 is 0. The highest BCUT2D eigenvalue weighted by molar-refractivity contribution is 5.80. The number of likely N-dealkylation sites (N-methyl/N-ethyl adjacent to an activating group) is 1. The molecule has 21 heavy (non-hydrogen) atoms. The van der Waals surface area contributed by atoms with E-state index < -0.39 is 5.97 Å². The second kappa shape index (κ2) is 7.56. The maximum Gasteiger partial charge on any atom is 0.317 e. The molecule has 1 heterocycles. The summed E-state index contributed by atoms with van der Waals surface area (Å²) >= 11 is 0. The quantitative estimate of drug-likeness (QED) is 0.777. The van der Waals surface area contributed by atoms with Gasteiger partial charge in [0.2, 0.25) is 5.91 Å². The Balaban J connectivity index is 1.79.